The Bertz CT molecular complexity index is 371. The first-order chi connectivity index (χ1) is 10.3. The molecule has 1 rings (SSSR count). The predicted molar refractivity (Wildman–Crippen MR) is 86.0 cm³/mol. The van der Waals surface area contributed by atoms with Crippen LogP contribution in [0.3, 0.4) is 0 Å². The minimum Gasteiger partial charge on any atom is -0.491 e. The summed E-state index contributed by atoms with van der Waals surface area (Å²) in [6, 6.07) is 8.31. The zero-order valence-electron chi connectivity index (χ0n) is 13.6. The van der Waals surface area contributed by atoms with Crippen molar-refractivity contribution in [2.45, 2.75) is 32.7 Å². The van der Waals surface area contributed by atoms with Crippen LogP contribution >= 0.6 is 0 Å². The monoisotopic (exact) mass is 295 g/mol. The molecule has 120 valence electrons. The molecule has 0 aliphatic heterocycles. The lowest BCUT2D eigenvalue weighted by molar-refractivity contribution is 0.109. The number of methoxy groups -OCH3 is 1. The van der Waals surface area contributed by atoms with E-state index in [1.54, 1.807) is 7.11 Å². The van der Waals surface area contributed by atoms with Gasteiger partial charge in [0.05, 0.1) is 19.3 Å². The van der Waals surface area contributed by atoms with Crippen LogP contribution in [0.5, 0.6) is 5.75 Å². The van der Waals surface area contributed by atoms with Crippen molar-refractivity contribution in [3.63, 3.8) is 0 Å². The highest BCUT2D eigenvalue weighted by molar-refractivity contribution is 5.36. The van der Waals surface area contributed by atoms with E-state index in [-0.39, 0.29) is 6.04 Å². The smallest absolute Gasteiger partial charge is 0.124 e. The summed E-state index contributed by atoms with van der Waals surface area (Å²) in [5.41, 5.74) is 1.15. The summed E-state index contributed by atoms with van der Waals surface area (Å²) < 4.78 is 16.6. The molecule has 0 heterocycles. The normalized spacial score (nSPS) is 12.3. The van der Waals surface area contributed by atoms with Crippen molar-refractivity contribution in [3.05, 3.63) is 29.8 Å². The summed E-state index contributed by atoms with van der Waals surface area (Å²) in [6.45, 7) is 7.86. The third-order valence-electron chi connectivity index (χ3n) is 3.11. The highest BCUT2D eigenvalue weighted by Crippen LogP contribution is 2.25. The molecular formula is C17H29NO3. The molecule has 0 aliphatic rings. The fourth-order valence-electron chi connectivity index (χ4n) is 2.06. The molecule has 0 amide bonds. The maximum atomic E-state index is 5.82. The van der Waals surface area contributed by atoms with E-state index in [2.05, 4.69) is 25.2 Å². The van der Waals surface area contributed by atoms with Crippen LogP contribution in [0, 0.1) is 0 Å². The third kappa shape index (κ3) is 6.93. The molecular weight excluding hydrogens is 266 g/mol. The van der Waals surface area contributed by atoms with Gasteiger partial charge in [-0.1, -0.05) is 32.0 Å². The molecule has 1 atom stereocenters. The van der Waals surface area contributed by atoms with Gasteiger partial charge >= 0.3 is 0 Å². The maximum Gasteiger partial charge on any atom is 0.124 e. The van der Waals surface area contributed by atoms with Crippen molar-refractivity contribution in [1.82, 2.24) is 5.32 Å². The lowest BCUT2D eigenvalue weighted by Crippen LogP contribution is -2.27. The first kappa shape index (κ1) is 18.0. The Morgan fingerprint density at radius 2 is 1.86 bits per heavy atom. The number of rotatable bonds is 12. The molecule has 0 saturated carbocycles. The van der Waals surface area contributed by atoms with Crippen LogP contribution < -0.4 is 10.1 Å². The molecule has 0 aliphatic carbocycles. The fraction of sp³-hybridized carbons (Fsp3) is 0.647. The Morgan fingerprint density at radius 1 is 1.05 bits per heavy atom. The van der Waals surface area contributed by atoms with Crippen molar-refractivity contribution in [2.24, 2.45) is 0 Å². The van der Waals surface area contributed by atoms with Crippen LogP contribution in [0.25, 0.3) is 0 Å². The van der Waals surface area contributed by atoms with E-state index in [0.717, 1.165) is 37.3 Å². The van der Waals surface area contributed by atoms with Crippen LogP contribution in [0.2, 0.25) is 0 Å². The highest BCUT2D eigenvalue weighted by atomic mass is 16.5. The summed E-state index contributed by atoms with van der Waals surface area (Å²) in [7, 11) is 1.68. The first-order valence-electron chi connectivity index (χ1n) is 7.85. The van der Waals surface area contributed by atoms with Gasteiger partial charge in [-0.15, -0.1) is 0 Å². The average molecular weight is 295 g/mol. The van der Waals surface area contributed by atoms with Gasteiger partial charge in [0, 0.05) is 19.3 Å². The van der Waals surface area contributed by atoms with Gasteiger partial charge < -0.3 is 19.5 Å². The largest absolute Gasteiger partial charge is 0.491 e. The zero-order valence-corrected chi connectivity index (χ0v) is 13.6. The van der Waals surface area contributed by atoms with E-state index < -0.39 is 0 Å². The van der Waals surface area contributed by atoms with E-state index in [4.69, 9.17) is 14.2 Å². The molecule has 21 heavy (non-hydrogen) atoms. The molecule has 0 fully saturated rings. The Balaban J connectivity index is 2.73. The van der Waals surface area contributed by atoms with Gasteiger partial charge in [-0.3, -0.25) is 0 Å². The number of para-hydroxylation sites is 1. The number of hydrogen-bond acceptors (Lipinski definition) is 4. The minimum absolute atomic E-state index is 0.162. The predicted octanol–water partition coefficient (Wildman–Crippen LogP) is 3.18. The molecule has 1 N–H and O–H groups in total. The maximum absolute atomic E-state index is 5.82. The summed E-state index contributed by atoms with van der Waals surface area (Å²) in [6.07, 6.45) is 2.13. The number of benzene rings is 1. The first-order valence-corrected chi connectivity index (χ1v) is 7.85. The second-order valence-electron chi connectivity index (χ2n) is 4.96. The lowest BCUT2D eigenvalue weighted by atomic mass is 10.1. The standard InChI is InChI=1S/C17H29NO3/c1-4-10-18-16(14-20-11-5-2)15-8-6-7-9-17(15)21-13-12-19-3/h6-9,16,18H,4-5,10-14H2,1-3H3. The Morgan fingerprint density at radius 3 is 2.57 bits per heavy atom. The summed E-state index contributed by atoms with van der Waals surface area (Å²) in [4.78, 5) is 0. The minimum atomic E-state index is 0.162. The van der Waals surface area contributed by atoms with E-state index in [1.807, 2.05) is 18.2 Å². The van der Waals surface area contributed by atoms with Crippen LogP contribution in [0.1, 0.15) is 38.3 Å². The van der Waals surface area contributed by atoms with E-state index in [0.29, 0.717) is 19.8 Å². The summed E-state index contributed by atoms with van der Waals surface area (Å²) >= 11 is 0. The molecule has 1 aromatic carbocycles. The SMILES string of the molecule is CCCNC(COCCC)c1ccccc1OCCOC. The number of ether oxygens (including phenoxy) is 3. The quantitative estimate of drug-likeness (QED) is 0.601. The van der Waals surface area contributed by atoms with Gasteiger partial charge in [0.1, 0.15) is 12.4 Å². The van der Waals surface area contributed by atoms with E-state index in [9.17, 15) is 0 Å². The topological polar surface area (TPSA) is 39.7 Å². The number of hydrogen-bond donors (Lipinski definition) is 1. The molecule has 0 aromatic heterocycles. The zero-order chi connectivity index (χ0) is 15.3. The molecule has 4 heteroatoms. The molecule has 0 bridgehead atoms. The molecule has 0 saturated heterocycles. The Hall–Kier alpha value is -1.10. The van der Waals surface area contributed by atoms with Crippen LogP contribution in [-0.2, 0) is 9.47 Å². The van der Waals surface area contributed by atoms with Crippen LogP contribution in [0.15, 0.2) is 24.3 Å². The van der Waals surface area contributed by atoms with Crippen molar-refractivity contribution in [3.8, 4) is 5.75 Å². The average Bonchev–Trinajstić information content (AvgIpc) is 2.52. The van der Waals surface area contributed by atoms with Crippen molar-refractivity contribution < 1.29 is 14.2 Å². The van der Waals surface area contributed by atoms with Gasteiger partial charge in [0.2, 0.25) is 0 Å². The van der Waals surface area contributed by atoms with Crippen molar-refractivity contribution in [2.75, 3.05) is 40.1 Å². The van der Waals surface area contributed by atoms with Gasteiger partial charge in [-0.2, -0.15) is 0 Å². The molecule has 4 nitrogen and oxygen atoms in total. The van der Waals surface area contributed by atoms with Crippen molar-refractivity contribution >= 4 is 0 Å². The van der Waals surface area contributed by atoms with Crippen LogP contribution in [0.4, 0.5) is 0 Å². The molecule has 1 aromatic rings. The molecule has 1 unspecified atom stereocenters. The Kier molecular flexibility index (Phi) is 9.87. The number of nitrogens with one attached hydrogen (secondary N) is 1. The molecule has 0 spiro atoms. The van der Waals surface area contributed by atoms with Crippen molar-refractivity contribution in [1.29, 1.82) is 0 Å². The lowest BCUT2D eigenvalue weighted by Gasteiger charge is -2.22. The second-order valence-corrected chi connectivity index (χ2v) is 4.96. The van der Waals surface area contributed by atoms with Gasteiger partial charge in [-0.25, -0.2) is 0 Å². The van der Waals surface area contributed by atoms with Gasteiger partial charge in [0.15, 0.2) is 0 Å². The van der Waals surface area contributed by atoms with Gasteiger partial charge in [-0.05, 0) is 25.5 Å². The highest BCUT2D eigenvalue weighted by Gasteiger charge is 2.15. The fourth-order valence-corrected chi connectivity index (χ4v) is 2.06. The van der Waals surface area contributed by atoms with Crippen LogP contribution in [-0.4, -0.2) is 40.1 Å². The Labute approximate surface area is 128 Å². The van der Waals surface area contributed by atoms with Gasteiger partial charge in [0.25, 0.3) is 0 Å². The van der Waals surface area contributed by atoms with E-state index in [1.165, 1.54) is 0 Å². The third-order valence-corrected chi connectivity index (χ3v) is 3.11. The summed E-state index contributed by atoms with van der Waals surface area (Å²) in [5, 5.41) is 3.54. The second kappa shape index (κ2) is 11.5. The summed E-state index contributed by atoms with van der Waals surface area (Å²) in [5.74, 6) is 0.906. The van der Waals surface area contributed by atoms with E-state index >= 15 is 0 Å². The molecule has 0 radical (unpaired) electrons.